The van der Waals surface area contributed by atoms with E-state index in [1.54, 1.807) is 6.20 Å². The van der Waals surface area contributed by atoms with E-state index in [9.17, 15) is 0 Å². The van der Waals surface area contributed by atoms with Gasteiger partial charge in [0.05, 0.1) is 11.9 Å². The van der Waals surface area contributed by atoms with Gasteiger partial charge in [0.25, 0.3) is 0 Å². The number of nitrogens with zero attached hydrogens (tertiary/aromatic N) is 4. The molecule has 0 saturated heterocycles. The molecule has 0 atom stereocenters. The van der Waals surface area contributed by atoms with Crippen LogP contribution in [-0.2, 0) is 6.54 Å². The summed E-state index contributed by atoms with van der Waals surface area (Å²) in [4.78, 5) is 13.0. The van der Waals surface area contributed by atoms with Crippen molar-refractivity contribution in [2.24, 2.45) is 0 Å². The average molecular weight is 267 g/mol. The van der Waals surface area contributed by atoms with Gasteiger partial charge in [-0.1, -0.05) is 6.07 Å². The van der Waals surface area contributed by atoms with Gasteiger partial charge in [0, 0.05) is 18.1 Å². The van der Waals surface area contributed by atoms with Crippen molar-refractivity contribution in [3.63, 3.8) is 0 Å². The van der Waals surface area contributed by atoms with Gasteiger partial charge < -0.3 is 10.3 Å². The first-order valence-electron chi connectivity index (χ1n) is 6.56. The monoisotopic (exact) mass is 267 g/mol. The molecule has 2 N–H and O–H groups in total. The molecule has 0 amide bonds. The van der Waals surface area contributed by atoms with Crippen LogP contribution in [0.1, 0.15) is 22.6 Å². The second-order valence-corrected chi connectivity index (χ2v) is 5.01. The lowest BCUT2D eigenvalue weighted by Crippen LogP contribution is -2.04. The Bertz CT molecular complexity index is 774. The van der Waals surface area contributed by atoms with Crippen LogP contribution in [-0.4, -0.2) is 19.5 Å². The number of rotatable bonds is 2. The van der Waals surface area contributed by atoms with Gasteiger partial charge in [-0.15, -0.1) is 0 Å². The Morgan fingerprint density at radius 2 is 2.00 bits per heavy atom. The van der Waals surface area contributed by atoms with E-state index in [1.165, 1.54) is 0 Å². The van der Waals surface area contributed by atoms with Crippen LogP contribution in [0.15, 0.2) is 24.5 Å². The Kier molecular flexibility index (Phi) is 2.89. The van der Waals surface area contributed by atoms with Crippen molar-refractivity contribution >= 4 is 16.9 Å². The molecule has 0 aliphatic rings. The third kappa shape index (κ3) is 1.91. The topological polar surface area (TPSA) is 69.6 Å². The van der Waals surface area contributed by atoms with Crippen LogP contribution in [0.25, 0.3) is 11.0 Å². The number of aromatic nitrogens is 4. The fourth-order valence-electron chi connectivity index (χ4n) is 2.54. The number of fused-ring (bicyclic) bond motifs is 1. The first-order valence-corrected chi connectivity index (χ1v) is 6.56. The highest BCUT2D eigenvalue weighted by molar-refractivity contribution is 5.91. The van der Waals surface area contributed by atoms with E-state index in [4.69, 9.17) is 5.73 Å². The van der Waals surface area contributed by atoms with Gasteiger partial charge in [0.1, 0.15) is 17.3 Å². The third-order valence-electron chi connectivity index (χ3n) is 3.67. The van der Waals surface area contributed by atoms with Crippen molar-refractivity contribution in [1.82, 2.24) is 19.5 Å². The fourth-order valence-corrected chi connectivity index (χ4v) is 2.54. The van der Waals surface area contributed by atoms with Crippen LogP contribution >= 0.6 is 0 Å². The molecule has 0 aliphatic carbocycles. The van der Waals surface area contributed by atoms with Crippen LogP contribution in [0, 0.1) is 20.8 Å². The highest BCUT2D eigenvalue weighted by Gasteiger charge is 2.16. The number of anilines is 1. The van der Waals surface area contributed by atoms with Crippen LogP contribution in [0.5, 0.6) is 0 Å². The molecule has 3 rings (SSSR count). The van der Waals surface area contributed by atoms with E-state index < -0.39 is 0 Å². The van der Waals surface area contributed by atoms with Crippen LogP contribution in [0.3, 0.4) is 0 Å². The number of nitrogen functional groups attached to an aromatic ring is 1. The molecule has 0 spiro atoms. The summed E-state index contributed by atoms with van der Waals surface area (Å²) in [5.41, 5.74) is 10.4. The molecule has 102 valence electrons. The van der Waals surface area contributed by atoms with Crippen molar-refractivity contribution in [1.29, 1.82) is 0 Å². The van der Waals surface area contributed by atoms with Crippen molar-refractivity contribution in [2.75, 3.05) is 5.73 Å². The predicted molar refractivity (Wildman–Crippen MR) is 79.5 cm³/mol. The van der Waals surface area contributed by atoms with Crippen molar-refractivity contribution in [2.45, 2.75) is 27.3 Å². The van der Waals surface area contributed by atoms with Crippen molar-refractivity contribution < 1.29 is 0 Å². The van der Waals surface area contributed by atoms with Crippen LogP contribution < -0.4 is 5.73 Å². The first kappa shape index (κ1) is 12.6. The summed E-state index contributed by atoms with van der Waals surface area (Å²) < 4.78 is 2.17. The zero-order valence-electron chi connectivity index (χ0n) is 11.9. The summed E-state index contributed by atoms with van der Waals surface area (Å²) >= 11 is 0. The molecule has 3 aromatic rings. The molecule has 0 aliphatic heterocycles. The van der Waals surface area contributed by atoms with Gasteiger partial charge in [-0.25, -0.2) is 9.97 Å². The second-order valence-electron chi connectivity index (χ2n) is 5.01. The lowest BCUT2D eigenvalue weighted by molar-refractivity contribution is 0.784. The van der Waals surface area contributed by atoms with Gasteiger partial charge in [0.15, 0.2) is 0 Å². The van der Waals surface area contributed by atoms with E-state index in [0.29, 0.717) is 11.6 Å². The van der Waals surface area contributed by atoms with Gasteiger partial charge in [-0.3, -0.25) is 4.98 Å². The number of aryl methyl sites for hydroxylation is 2. The van der Waals surface area contributed by atoms with Crippen molar-refractivity contribution in [3.8, 4) is 0 Å². The van der Waals surface area contributed by atoms with Gasteiger partial charge in [0.2, 0.25) is 0 Å². The SMILES string of the molecule is Cc1nc(N)c2c(C)c(C)n(Cc3cccnc3)c2n1. The van der Waals surface area contributed by atoms with Gasteiger partial charge in [-0.2, -0.15) is 0 Å². The van der Waals surface area contributed by atoms with E-state index in [1.807, 2.05) is 19.2 Å². The fraction of sp³-hybridized carbons (Fsp3) is 0.267. The Balaban J connectivity index is 2.23. The summed E-state index contributed by atoms with van der Waals surface area (Å²) in [6.45, 7) is 6.75. The zero-order chi connectivity index (χ0) is 14.3. The molecular weight excluding hydrogens is 250 g/mol. The van der Waals surface area contributed by atoms with E-state index in [2.05, 4.69) is 39.4 Å². The lowest BCUT2D eigenvalue weighted by atomic mass is 10.2. The zero-order valence-corrected chi connectivity index (χ0v) is 11.9. The number of hydrogen-bond donors (Lipinski definition) is 1. The van der Waals surface area contributed by atoms with Crippen LogP contribution in [0.2, 0.25) is 0 Å². The maximum absolute atomic E-state index is 6.06. The molecule has 0 radical (unpaired) electrons. The first-order chi connectivity index (χ1) is 9.58. The number of pyridine rings is 1. The molecular formula is C15H17N5. The summed E-state index contributed by atoms with van der Waals surface area (Å²) in [5.74, 6) is 1.25. The molecule has 5 heteroatoms. The molecule has 0 unspecified atom stereocenters. The van der Waals surface area contributed by atoms with Crippen LogP contribution in [0.4, 0.5) is 5.82 Å². The minimum absolute atomic E-state index is 0.554. The molecule has 3 aromatic heterocycles. The number of nitrogens with two attached hydrogens (primary N) is 1. The lowest BCUT2D eigenvalue weighted by Gasteiger charge is -2.08. The predicted octanol–water partition coefficient (Wildman–Crippen LogP) is 2.38. The van der Waals surface area contributed by atoms with Gasteiger partial charge >= 0.3 is 0 Å². The molecule has 20 heavy (non-hydrogen) atoms. The maximum Gasteiger partial charge on any atom is 0.146 e. The second kappa shape index (κ2) is 4.59. The quantitative estimate of drug-likeness (QED) is 0.774. The molecule has 0 aromatic carbocycles. The average Bonchev–Trinajstić information content (AvgIpc) is 2.65. The number of hydrogen-bond acceptors (Lipinski definition) is 4. The minimum Gasteiger partial charge on any atom is -0.383 e. The highest BCUT2D eigenvalue weighted by Crippen LogP contribution is 2.28. The Morgan fingerprint density at radius 1 is 1.20 bits per heavy atom. The molecule has 3 heterocycles. The summed E-state index contributed by atoms with van der Waals surface area (Å²) in [7, 11) is 0. The molecule has 0 fully saturated rings. The van der Waals surface area contributed by atoms with E-state index >= 15 is 0 Å². The standard InChI is InChI=1S/C15H17N5/c1-9-10(2)20(8-12-5-4-6-17-7-12)15-13(9)14(16)18-11(3)19-15/h4-7H,8H2,1-3H3,(H2,16,18,19). The minimum atomic E-state index is 0.554. The van der Waals surface area contributed by atoms with E-state index in [0.717, 1.165) is 34.4 Å². The van der Waals surface area contributed by atoms with E-state index in [-0.39, 0.29) is 0 Å². The normalized spacial score (nSPS) is 11.2. The third-order valence-corrected chi connectivity index (χ3v) is 3.67. The Hall–Kier alpha value is -2.43. The Morgan fingerprint density at radius 3 is 2.70 bits per heavy atom. The highest BCUT2D eigenvalue weighted by atomic mass is 15.1. The molecule has 5 nitrogen and oxygen atoms in total. The summed E-state index contributed by atoms with van der Waals surface area (Å²) in [5, 5.41) is 0.956. The molecule has 0 saturated carbocycles. The largest absolute Gasteiger partial charge is 0.383 e. The maximum atomic E-state index is 6.06. The Labute approximate surface area is 117 Å². The summed E-state index contributed by atoms with van der Waals surface area (Å²) in [6.07, 6.45) is 3.65. The summed E-state index contributed by atoms with van der Waals surface area (Å²) in [6, 6.07) is 4.00. The molecule has 0 bridgehead atoms. The van der Waals surface area contributed by atoms with Crippen molar-refractivity contribution in [3.05, 3.63) is 47.2 Å². The smallest absolute Gasteiger partial charge is 0.146 e. The van der Waals surface area contributed by atoms with Gasteiger partial charge in [-0.05, 0) is 38.0 Å².